The van der Waals surface area contributed by atoms with Crippen molar-refractivity contribution < 1.29 is 4.79 Å². The van der Waals surface area contributed by atoms with E-state index >= 15 is 0 Å². The fourth-order valence-electron chi connectivity index (χ4n) is 3.66. The van der Waals surface area contributed by atoms with E-state index in [9.17, 15) is 14.9 Å². The molecule has 0 saturated heterocycles. The Morgan fingerprint density at radius 2 is 1.67 bits per heavy atom. The van der Waals surface area contributed by atoms with E-state index < -0.39 is 0 Å². The third kappa shape index (κ3) is 4.66. The summed E-state index contributed by atoms with van der Waals surface area (Å²) in [5, 5.41) is 12.4. The van der Waals surface area contributed by atoms with Gasteiger partial charge in [0.1, 0.15) is 11.6 Å². The van der Waals surface area contributed by atoms with Crippen LogP contribution in [0.25, 0.3) is 0 Å². The van der Waals surface area contributed by atoms with E-state index in [1.807, 2.05) is 67.6 Å². The highest BCUT2D eigenvalue weighted by molar-refractivity contribution is 5.77. The number of carbonyl (C=O) groups excluding carboxylic acids is 1. The number of carbonyl (C=O) groups is 1. The lowest BCUT2D eigenvalue weighted by Crippen LogP contribution is -2.29. The summed E-state index contributed by atoms with van der Waals surface area (Å²) in [6, 6.07) is 19.7. The minimum Gasteiger partial charge on any atom is -0.345 e. The Morgan fingerprint density at radius 3 is 2.30 bits per heavy atom. The number of hydrogen-bond donors (Lipinski definition) is 2. The van der Waals surface area contributed by atoms with Crippen molar-refractivity contribution in [3.05, 3.63) is 104 Å². The SMILES string of the molecule is Cc1ccc(C(NC(=O)CCc2c(C)[nH]c(=O)c(C#N)c2C)c2ccccc2)cc1. The molecule has 1 aromatic heterocycles. The molecule has 1 atom stereocenters. The van der Waals surface area contributed by atoms with Crippen molar-refractivity contribution in [2.75, 3.05) is 0 Å². The van der Waals surface area contributed by atoms with Gasteiger partial charge >= 0.3 is 0 Å². The first kappa shape index (κ1) is 21.1. The van der Waals surface area contributed by atoms with Gasteiger partial charge in [-0.2, -0.15) is 5.26 Å². The zero-order valence-corrected chi connectivity index (χ0v) is 17.5. The summed E-state index contributed by atoms with van der Waals surface area (Å²) in [7, 11) is 0. The second kappa shape index (κ2) is 9.23. The number of nitrogens with one attached hydrogen (secondary N) is 2. The minimum absolute atomic E-state index is 0.0899. The maximum atomic E-state index is 12.8. The molecule has 0 radical (unpaired) electrons. The molecule has 5 heteroatoms. The Kier molecular flexibility index (Phi) is 6.48. The van der Waals surface area contributed by atoms with Crippen molar-refractivity contribution in [1.29, 1.82) is 5.26 Å². The van der Waals surface area contributed by atoms with E-state index in [4.69, 9.17) is 0 Å². The maximum absolute atomic E-state index is 12.8. The molecule has 0 aliphatic rings. The first-order valence-corrected chi connectivity index (χ1v) is 9.94. The molecule has 0 aliphatic heterocycles. The highest BCUT2D eigenvalue weighted by Gasteiger charge is 2.18. The molecular formula is C25H25N3O2. The number of H-pyrrole nitrogens is 1. The number of pyridine rings is 1. The zero-order valence-electron chi connectivity index (χ0n) is 17.5. The number of aryl methyl sites for hydroxylation is 2. The number of hydrogen-bond acceptors (Lipinski definition) is 3. The number of aromatic amines is 1. The number of benzene rings is 2. The van der Waals surface area contributed by atoms with Gasteiger partial charge in [-0.15, -0.1) is 0 Å². The van der Waals surface area contributed by atoms with Crippen LogP contribution in [-0.2, 0) is 11.2 Å². The smallest absolute Gasteiger partial charge is 0.266 e. The molecule has 0 spiro atoms. The average molecular weight is 399 g/mol. The van der Waals surface area contributed by atoms with Crippen molar-refractivity contribution in [1.82, 2.24) is 10.3 Å². The predicted octanol–water partition coefficient (Wildman–Crippen LogP) is 4.01. The van der Waals surface area contributed by atoms with Crippen LogP contribution in [0.2, 0.25) is 0 Å². The van der Waals surface area contributed by atoms with Crippen LogP contribution in [0.4, 0.5) is 0 Å². The van der Waals surface area contributed by atoms with Crippen LogP contribution in [0, 0.1) is 32.1 Å². The lowest BCUT2D eigenvalue weighted by molar-refractivity contribution is -0.121. The van der Waals surface area contributed by atoms with Gasteiger partial charge in [-0.1, -0.05) is 60.2 Å². The minimum atomic E-state index is -0.385. The fraction of sp³-hybridized carbons (Fsp3) is 0.240. The zero-order chi connectivity index (χ0) is 21.7. The van der Waals surface area contributed by atoms with E-state index in [2.05, 4.69) is 10.3 Å². The molecule has 152 valence electrons. The van der Waals surface area contributed by atoms with Gasteiger partial charge < -0.3 is 10.3 Å². The third-order valence-electron chi connectivity index (χ3n) is 5.37. The van der Waals surface area contributed by atoms with Crippen molar-refractivity contribution >= 4 is 5.91 Å². The normalized spacial score (nSPS) is 11.5. The van der Waals surface area contributed by atoms with Gasteiger partial charge in [0.25, 0.3) is 5.56 Å². The Labute approximate surface area is 176 Å². The van der Waals surface area contributed by atoms with Crippen molar-refractivity contribution in [3.63, 3.8) is 0 Å². The summed E-state index contributed by atoms with van der Waals surface area (Å²) >= 11 is 0. The number of amides is 1. The molecule has 1 heterocycles. The highest BCUT2D eigenvalue weighted by atomic mass is 16.1. The van der Waals surface area contributed by atoms with E-state index in [1.165, 1.54) is 0 Å². The molecule has 0 saturated carbocycles. The molecular weight excluding hydrogens is 374 g/mol. The van der Waals surface area contributed by atoms with Gasteiger partial charge in [0.2, 0.25) is 5.91 Å². The predicted molar refractivity (Wildman–Crippen MR) is 117 cm³/mol. The second-order valence-electron chi connectivity index (χ2n) is 7.49. The summed E-state index contributed by atoms with van der Waals surface area (Å²) < 4.78 is 0. The molecule has 0 fully saturated rings. The van der Waals surface area contributed by atoms with Gasteiger partial charge in [0.15, 0.2) is 0 Å². The number of nitriles is 1. The lowest BCUT2D eigenvalue weighted by atomic mass is 9.96. The summed E-state index contributed by atoms with van der Waals surface area (Å²) in [5.41, 5.74) is 5.09. The van der Waals surface area contributed by atoms with Crippen LogP contribution in [0.5, 0.6) is 0 Å². The fourth-order valence-corrected chi connectivity index (χ4v) is 3.66. The average Bonchev–Trinajstić information content (AvgIpc) is 2.73. The molecule has 5 nitrogen and oxygen atoms in total. The van der Waals surface area contributed by atoms with E-state index in [-0.39, 0.29) is 29.5 Å². The van der Waals surface area contributed by atoms with Crippen molar-refractivity contribution in [2.45, 2.75) is 39.7 Å². The first-order valence-electron chi connectivity index (χ1n) is 9.94. The van der Waals surface area contributed by atoms with Gasteiger partial charge in [0, 0.05) is 12.1 Å². The summed E-state index contributed by atoms with van der Waals surface area (Å²) in [4.78, 5) is 27.5. The van der Waals surface area contributed by atoms with Gasteiger partial charge in [-0.05, 0) is 49.4 Å². The third-order valence-corrected chi connectivity index (χ3v) is 5.37. The molecule has 2 N–H and O–H groups in total. The van der Waals surface area contributed by atoms with Crippen molar-refractivity contribution in [3.8, 4) is 6.07 Å². The topological polar surface area (TPSA) is 85.8 Å². The highest BCUT2D eigenvalue weighted by Crippen LogP contribution is 2.23. The largest absolute Gasteiger partial charge is 0.345 e. The maximum Gasteiger partial charge on any atom is 0.266 e. The monoisotopic (exact) mass is 399 g/mol. The van der Waals surface area contributed by atoms with Gasteiger partial charge in [-0.3, -0.25) is 9.59 Å². The van der Waals surface area contributed by atoms with Gasteiger partial charge in [-0.25, -0.2) is 0 Å². The number of nitrogens with zero attached hydrogens (tertiary/aromatic N) is 1. The lowest BCUT2D eigenvalue weighted by Gasteiger charge is -2.20. The molecule has 1 unspecified atom stereocenters. The van der Waals surface area contributed by atoms with E-state index in [0.717, 1.165) is 22.3 Å². The Morgan fingerprint density at radius 1 is 1.03 bits per heavy atom. The summed E-state index contributed by atoms with van der Waals surface area (Å²) in [6.07, 6.45) is 0.707. The van der Waals surface area contributed by atoms with Crippen LogP contribution >= 0.6 is 0 Å². The Hall–Kier alpha value is -3.65. The van der Waals surface area contributed by atoms with E-state index in [1.54, 1.807) is 13.8 Å². The summed E-state index contributed by atoms with van der Waals surface area (Å²) in [6.45, 7) is 5.58. The molecule has 30 heavy (non-hydrogen) atoms. The van der Waals surface area contributed by atoms with Crippen LogP contribution in [0.1, 0.15) is 51.5 Å². The standard InChI is InChI=1S/C25H25N3O2/c1-16-9-11-20(12-10-16)24(19-7-5-4-6-8-19)28-23(29)14-13-21-17(2)22(15-26)25(30)27-18(21)3/h4-12,24H,13-14H2,1-3H3,(H,27,30)(H,28,29). The van der Waals surface area contributed by atoms with E-state index in [0.29, 0.717) is 17.7 Å². The second-order valence-corrected chi connectivity index (χ2v) is 7.49. The molecule has 3 aromatic rings. The molecule has 3 rings (SSSR count). The quantitative estimate of drug-likeness (QED) is 0.657. The number of aromatic nitrogens is 1. The van der Waals surface area contributed by atoms with Crippen molar-refractivity contribution in [2.24, 2.45) is 0 Å². The number of rotatable bonds is 6. The van der Waals surface area contributed by atoms with Crippen LogP contribution in [-0.4, -0.2) is 10.9 Å². The summed E-state index contributed by atoms with van der Waals surface area (Å²) in [5.74, 6) is -0.0899. The van der Waals surface area contributed by atoms with Gasteiger partial charge in [0.05, 0.1) is 6.04 Å². The van der Waals surface area contributed by atoms with Crippen LogP contribution in [0.15, 0.2) is 59.4 Å². The Balaban J connectivity index is 1.80. The first-order chi connectivity index (χ1) is 14.4. The van der Waals surface area contributed by atoms with Crippen LogP contribution < -0.4 is 10.9 Å². The molecule has 0 bridgehead atoms. The molecule has 2 aromatic carbocycles. The molecule has 0 aliphatic carbocycles. The van der Waals surface area contributed by atoms with Crippen LogP contribution in [0.3, 0.4) is 0 Å². The molecule has 1 amide bonds. The Bertz CT molecular complexity index is 1140.